The van der Waals surface area contributed by atoms with Crippen LogP contribution in [0.25, 0.3) is 0 Å². The van der Waals surface area contributed by atoms with Gasteiger partial charge in [0.05, 0.1) is 6.42 Å². The lowest BCUT2D eigenvalue weighted by molar-refractivity contribution is -0.142. The minimum absolute atomic E-state index is 0.0483. The lowest BCUT2D eigenvalue weighted by Gasteiger charge is -2.09. The lowest BCUT2D eigenvalue weighted by Crippen LogP contribution is -2.14. The normalized spacial score (nSPS) is 12.8. The van der Waals surface area contributed by atoms with Gasteiger partial charge in [0.2, 0.25) is 0 Å². The van der Waals surface area contributed by atoms with Gasteiger partial charge in [-0.2, -0.15) is 0 Å². The Morgan fingerprint density at radius 3 is 2.75 bits per heavy atom. The molecule has 0 aliphatic heterocycles. The Bertz CT molecular complexity index is 124. The molecule has 4 nitrogen and oxygen atoms in total. The van der Waals surface area contributed by atoms with Crippen molar-refractivity contribution >= 4 is 5.97 Å². The van der Waals surface area contributed by atoms with Gasteiger partial charge < -0.3 is 14.9 Å². The third-order valence-corrected chi connectivity index (χ3v) is 1.41. The molecule has 0 aromatic carbocycles. The molecule has 0 aliphatic rings. The molecule has 0 bridgehead atoms. The summed E-state index contributed by atoms with van der Waals surface area (Å²) in [6, 6.07) is 0. The second-order valence-corrected chi connectivity index (χ2v) is 2.61. The number of aliphatic hydroxyl groups excluding tert-OH is 1. The van der Waals surface area contributed by atoms with Crippen molar-refractivity contribution in [3.63, 3.8) is 0 Å². The molecule has 0 aromatic rings. The first kappa shape index (κ1) is 11.4. The van der Waals surface area contributed by atoms with Crippen LogP contribution in [0.15, 0.2) is 0 Å². The number of hydrogen-bond acceptors (Lipinski definition) is 3. The molecule has 0 heterocycles. The molecule has 4 heteroatoms. The van der Waals surface area contributed by atoms with E-state index in [0.717, 1.165) is 12.8 Å². The van der Waals surface area contributed by atoms with E-state index >= 15 is 0 Å². The van der Waals surface area contributed by atoms with Crippen LogP contribution in [0, 0.1) is 0 Å². The zero-order valence-corrected chi connectivity index (χ0v) is 7.32. The zero-order valence-electron chi connectivity index (χ0n) is 7.32. The Morgan fingerprint density at radius 2 is 2.25 bits per heavy atom. The largest absolute Gasteiger partial charge is 0.481 e. The smallest absolute Gasteiger partial charge is 0.303 e. The molecule has 0 radical (unpaired) electrons. The summed E-state index contributed by atoms with van der Waals surface area (Å²) in [4.78, 5) is 10.1. The summed E-state index contributed by atoms with van der Waals surface area (Å²) in [5.41, 5.74) is 0. The van der Waals surface area contributed by atoms with Crippen LogP contribution in [0.4, 0.5) is 0 Å². The second kappa shape index (κ2) is 7.06. The van der Waals surface area contributed by atoms with Crippen LogP contribution in [0.2, 0.25) is 0 Å². The highest BCUT2D eigenvalue weighted by molar-refractivity contribution is 5.66. The van der Waals surface area contributed by atoms with Crippen LogP contribution in [-0.2, 0) is 9.53 Å². The van der Waals surface area contributed by atoms with Crippen molar-refractivity contribution in [1.29, 1.82) is 0 Å². The maximum Gasteiger partial charge on any atom is 0.303 e. The fraction of sp³-hybridized carbons (Fsp3) is 0.875. The molecule has 0 fully saturated rings. The standard InChI is InChI=1S/C8H16O4/c1-2-3-6-12-8(11)5-4-7(9)10/h8,11H,2-6H2,1H3,(H,9,10). The predicted octanol–water partition coefficient (Wildman–Crippen LogP) is 0.986. The molecule has 72 valence electrons. The SMILES string of the molecule is CCCCOC(O)CCC(=O)O. The molecule has 0 aromatic heterocycles. The third kappa shape index (κ3) is 7.50. The van der Waals surface area contributed by atoms with Crippen LogP contribution in [0.3, 0.4) is 0 Å². The molecule has 12 heavy (non-hydrogen) atoms. The van der Waals surface area contributed by atoms with Crippen LogP contribution in [0.5, 0.6) is 0 Å². The van der Waals surface area contributed by atoms with Crippen LogP contribution >= 0.6 is 0 Å². The van der Waals surface area contributed by atoms with E-state index < -0.39 is 12.3 Å². The quantitative estimate of drug-likeness (QED) is 0.448. The van der Waals surface area contributed by atoms with E-state index in [1.807, 2.05) is 6.92 Å². The number of carboxylic acid groups (broad SMARTS) is 1. The summed E-state index contributed by atoms with van der Waals surface area (Å²) in [6.07, 6.45) is 1.09. The number of aliphatic hydroxyl groups is 1. The maximum absolute atomic E-state index is 10.1. The van der Waals surface area contributed by atoms with Crippen LogP contribution < -0.4 is 0 Å². The summed E-state index contributed by atoms with van der Waals surface area (Å²) in [7, 11) is 0. The second-order valence-electron chi connectivity index (χ2n) is 2.61. The number of carboxylic acids is 1. The molecule has 2 N–H and O–H groups in total. The van der Waals surface area contributed by atoms with E-state index in [2.05, 4.69) is 0 Å². The van der Waals surface area contributed by atoms with Gasteiger partial charge >= 0.3 is 5.97 Å². The number of rotatable bonds is 7. The van der Waals surface area contributed by atoms with Crippen molar-refractivity contribution < 1.29 is 19.7 Å². The highest BCUT2D eigenvalue weighted by atomic mass is 16.6. The number of unbranched alkanes of at least 4 members (excludes halogenated alkanes) is 1. The van der Waals surface area contributed by atoms with Gasteiger partial charge in [0, 0.05) is 13.0 Å². The summed E-state index contributed by atoms with van der Waals surface area (Å²) in [5, 5.41) is 17.3. The van der Waals surface area contributed by atoms with Gasteiger partial charge in [-0.05, 0) is 6.42 Å². The molecule has 1 unspecified atom stereocenters. The Morgan fingerprint density at radius 1 is 1.58 bits per heavy atom. The number of aliphatic carboxylic acids is 1. The average Bonchev–Trinajstić information content (AvgIpc) is 2.01. The highest BCUT2D eigenvalue weighted by Crippen LogP contribution is 2.00. The van der Waals surface area contributed by atoms with Gasteiger partial charge in [0.15, 0.2) is 6.29 Å². The summed E-state index contributed by atoms with van der Waals surface area (Å²) in [6.45, 7) is 2.52. The molecular weight excluding hydrogens is 160 g/mol. The van der Waals surface area contributed by atoms with E-state index in [9.17, 15) is 4.79 Å². The van der Waals surface area contributed by atoms with Crippen molar-refractivity contribution in [2.24, 2.45) is 0 Å². The van der Waals surface area contributed by atoms with Crippen LogP contribution in [0.1, 0.15) is 32.6 Å². The summed E-state index contributed by atoms with van der Waals surface area (Å²) >= 11 is 0. The first-order valence-corrected chi connectivity index (χ1v) is 4.18. The monoisotopic (exact) mass is 176 g/mol. The Kier molecular flexibility index (Phi) is 6.70. The maximum atomic E-state index is 10.1. The molecule has 0 rings (SSSR count). The molecular formula is C8H16O4. The Balaban J connectivity index is 3.21. The van der Waals surface area contributed by atoms with E-state index in [4.69, 9.17) is 14.9 Å². The highest BCUT2D eigenvalue weighted by Gasteiger charge is 2.06. The van der Waals surface area contributed by atoms with Gasteiger partial charge in [-0.3, -0.25) is 4.79 Å². The fourth-order valence-corrected chi connectivity index (χ4v) is 0.694. The van der Waals surface area contributed by atoms with E-state index in [1.165, 1.54) is 0 Å². The van der Waals surface area contributed by atoms with E-state index in [1.54, 1.807) is 0 Å². The van der Waals surface area contributed by atoms with Gasteiger partial charge in [-0.1, -0.05) is 13.3 Å². The minimum atomic E-state index is -0.923. The molecule has 0 saturated heterocycles. The average molecular weight is 176 g/mol. The van der Waals surface area contributed by atoms with Gasteiger partial charge in [0.25, 0.3) is 0 Å². The predicted molar refractivity (Wildman–Crippen MR) is 43.7 cm³/mol. The first-order valence-electron chi connectivity index (χ1n) is 4.18. The van der Waals surface area contributed by atoms with E-state index in [0.29, 0.717) is 6.61 Å². The van der Waals surface area contributed by atoms with Crippen molar-refractivity contribution in [1.82, 2.24) is 0 Å². The number of hydrogen-bond donors (Lipinski definition) is 2. The number of ether oxygens (including phenoxy) is 1. The Labute approximate surface area is 72.2 Å². The molecule has 0 saturated carbocycles. The lowest BCUT2D eigenvalue weighted by atomic mass is 10.3. The van der Waals surface area contributed by atoms with Crippen molar-refractivity contribution in [3.05, 3.63) is 0 Å². The van der Waals surface area contributed by atoms with Gasteiger partial charge in [0.1, 0.15) is 0 Å². The van der Waals surface area contributed by atoms with E-state index in [-0.39, 0.29) is 12.8 Å². The van der Waals surface area contributed by atoms with Crippen molar-refractivity contribution in [2.45, 2.75) is 38.9 Å². The summed E-state index contributed by atoms with van der Waals surface area (Å²) < 4.78 is 4.92. The molecule has 0 aliphatic carbocycles. The van der Waals surface area contributed by atoms with Gasteiger partial charge in [-0.15, -0.1) is 0 Å². The Hall–Kier alpha value is -0.610. The van der Waals surface area contributed by atoms with Gasteiger partial charge in [-0.25, -0.2) is 0 Å². The molecule has 0 amide bonds. The molecule has 0 spiro atoms. The fourth-order valence-electron chi connectivity index (χ4n) is 0.694. The summed E-state index contributed by atoms with van der Waals surface area (Å²) in [5.74, 6) is -0.909. The number of carbonyl (C=O) groups is 1. The minimum Gasteiger partial charge on any atom is -0.481 e. The first-order chi connectivity index (χ1) is 5.66. The molecule has 1 atom stereocenters. The zero-order chi connectivity index (χ0) is 9.40. The third-order valence-electron chi connectivity index (χ3n) is 1.41. The topological polar surface area (TPSA) is 66.8 Å². The van der Waals surface area contributed by atoms with Crippen LogP contribution in [-0.4, -0.2) is 29.1 Å². The van der Waals surface area contributed by atoms with Crippen molar-refractivity contribution in [2.75, 3.05) is 6.61 Å². The van der Waals surface area contributed by atoms with Crippen molar-refractivity contribution in [3.8, 4) is 0 Å².